The summed E-state index contributed by atoms with van der Waals surface area (Å²) < 4.78 is 5.93. The molecule has 3 aromatic rings. The highest BCUT2D eigenvalue weighted by molar-refractivity contribution is 6.08. The summed E-state index contributed by atoms with van der Waals surface area (Å²) in [6.07, 6.45) is 3.09. The number of anilines is 1. The second-order valence-electron chi connectivity index (χ2n) is 7.35. The number of pyridine rings is 1. The highest BCUT2D eigenvalue weighted by atomic mass is 16.5. The fourth-order valence-electron chi connectivity index (χ4n) is 3.94. The van der Waals surface area contributed by atoms with Gasteiger partial charge in [-0.15, -0.1) is 0 Å². The maximum absolute atomic E-state index is 13.2. The van der Waals surface area contributed by atoms with Crippen molar-refractivity contribution in [3.05, 3.63) is 89.7 Å². The zero-order valence-electron chi connectivity index (χ0n) is 16.6. The van der Waals surface area contributed by atoms with Gasteiger partial charge >= 0.3 is 5.97 Å². The Hall–Kier alpha value is -3.67. The Kier molecular flexibility index (Phi) is 5.48. The number of benzene rings is 2. The molecule has 1 aliphatic rings. The van der Waals surface area contributed by atoms with Gasteiger partial charge in [0, 0.05) is 35.6 Å². The first kappa shape index (κ1) is 19.6. The van der Waals surface area contributed by atoms with Gasteiger partial charge in [0.15, 0.2) is 0 Å². The van der Waals surface area contributed by atoms with Gasteiger partial charge in [0.05, 0.1) is 6.42 Å². The Morgan fingerprint density at radius 2 is 1.80 bits per heavy atom. The zero-order valence-corrected chi connectivity index (χ0v) is 16.6. The Morgan fingerprint density at radius 1 is 1.07 bits per heavy atom. The highest BCUT2D eigenvalue weighted by Gasteiger charge is 2.40. The van der Waals surface area contributed by atoms with Crippen molar-refractivity contribution in [2.75, 3.05) is 4.90 Å². The summed E-state index contributed by atoms with van der Waals surface area (Å²) >= 11 is 0. The molecule has 0 unspecified atom stereocenters. The van der Waals surface area contributed by atoms with Crippen molar-refractivity contribution >= 4 is 17.6 Å². The van der Waals surface area contributed by atoms with E-state index < -0.39 is 5.97 Å². The number of nitrogens with zero attached hydrogens (tertiary/aromatic N) is 2. The normalized spacial score (nSPS) is 17.4. The zero-order chi connectivity index (χ0) is 21.1. The Morgan fingerprint density at radius 3 is 2.50 bits per heavy atom. The molecule has 1 amide bonds. The lowest BCUT2D eigenvalue weighted by Gasteiger charge is -2.25. The molecule has 30 heavy (non-hydrogen) atoms. The molecule has 2 aromatic carbocycles. The molecule has 4 rings (SSSR count). The lowest BCUT2D eigenvalue weighted by Crippen LogP contribution is -2.37. The van der Waals surface area contributed by atoms with Crippen molar-refractivity contribution in [1.29, 1.82) is 0 Å². The maximum atomic E-state index is 13.2. The summed E-state index contributed by atoms with van der Waals surface area (Å²) in [7, 11) is 0. The monoisotopic (exact) mass is 402 g/mol. The summed E-state index contributed by atoms with van der Waals surface area (Å²) in [5.74, 6) is -0.731. The van der Waals surface area contributed by atoms with Gasteiger partial charge in [0.25, 0.3) is 5.91 Å². The van der Waals surface area contributed by atoms with Gasteiger partial charge in [0.1, 0.15) is 12.4 Å². The molecule has 1 aliphatic heterocycles. The number of amides is 1. The largest absolute Gasteiger partial charge is 0.489 e. The Balaban J connectivity index is 1.65. The predicted octanol–water partition coefficient (Wildman–Crippen LogP) is 4.27. The number of hydrogen-bond donors (Lipinski definition) is 1. The summed E-state index contributed by atoms with van der Waals surface area (Å²) in [6, 6.07) is 18.4. The van der Waals surface area contributed by atoms with Gasteiger partial charge in [-0.25, -0.2) is 0 Å². The molecule has 1 N–H and O–H groups in total. The summed E-state index contributed by atoms with van der Waals surface area (Å²) in [4.78, 5) is 30.3. The predicted molar refractivity (Wildman–Crippen MR) is 113 cm³/mol. The van der Waals surface area contributed by atoms with Crippen LogP contribution in [0.4, 0.5) is 5.69 Å². The molecule has 1 aromatic heterocycles. The van der Waals surface area contributed by atoms with Gasteiger partial charge < -0.3 is 14.7 Å². The van der Waals surface area contributed by atoms with E-state index in [0.717, 1.165) is 16.8 Å². The van der Waals surface area contributed by atoms with Crippen molar-refractivity contribution in [3.8, 4) is 5.75 Å². The van der Waals surface area contributed by atoms with Crippen LogP contribution >= 0.6 is 0 Å². The summed E-state index contributed by atoms with van der Waals surface area (Å²) in [6.45, 7) is 2.30. The van der Waals surface area contributed by atoms with Crippen LogP contribution in [-0.2, 0) is 11.4 Å². The highest BCUT2D eigenvalue weighted by Crippen LogP contribution is 2.45. The van der Waals surface area contributed by atoms with Gasteiger partial charge in [-0.3, -0.25) is 14.6 Å². The molecule has 0 radical (unpaired) electrons. The van der Waals surface area contributed by atoms with E-state index in [1.165, 1.54) is 0 Å². The number of carbonyl (C=O) groups excluding carboxylic acids is 1. The molecule has 152 valence electrons. The number of carboxylic acids is 1. The number of hydrogen-bond acceptors (Lipinski definition) is 4. The fourth-order valence-corrected chi connectivity index (χ4v) is 3.94. The molecule has 0 fully saturated rings. The SMILES string of the molecule is C[C@@H]1[C@@H](CC(=O)O)c2cc(OCc3ccccc3)ccc2N1C(=O)c1ccncc1. The molecule has 6 heteroatoms. The lowest BCUT2D eigenvalue weighted by atomic mass is 9.92. The molecule has 0 saturated carbocycles. The van der Waals surface area contributed by atoms with Crippen LogP contribution < -0.4 is 9.64 Å². The molecule has 2 atom stereocenters. The standard InChI is InChI=1S/C24H22N2O4/c1-16-20(14-23(27)28)21-13-19(30-15-17-5-3-2-4-6-17)7-8-22(21)26(16)24(29)18-9-11-25-12-10-18/h2-13,16,20H,14-15H2,1H3,(H,27,28)/t16-,20-/m1/s1. The number of carboxylic acid groups (broad SMARTS) is 1. The maximum Gasteiger partial charge on any atom is 0.304 e. The molecule has 2 heterocycles. The molecule has 0 saturated heterocycles. The van der Waals surface area contributed by atoms with E-state index >= 15 is 0 Å². The minimum atomic E-state index is -0.897. The second-order valence-corrected chi connectivity index (χ2v) is 7.35. The summed E-state index contributed by atoms with van der Waals surface area (Å²) in [5, 5.41) is 9.44. The average Bonchev–Trinajstić information content (AvgIpc) is 3.03. The third kappa shape index (κ3) is 3.89. The van der Waals surface area contributed by atoms with Gasteiger partial charge in [-0.2, -0.15) is 0 Å². The first-order chi connectivity index (χ1) is 14.5. The van der Waals surface area contributed by atoms with E-state index in [1.54, 1.807) is 29.4 Å². The Labute approximate surface area is 174 Å². The van der Waals surface area contributed by atoms with Crippen LogP contribution in [0.25, 0.3) is 0 Å². The number of carbonyl (C=O) groups is 2. The molecule has 6 nitrogen and oxygen atoms in total. The van der Waals surface area contributed by atoms with Crippen LogP contribution in [0.15, 0.2) is 73.1 Å². The smallest absolute Gasteiger partial charge is 0.304 e. The van der Waals surface area contributed by atoms with Crippen LogP contribution in [-0.4, -0.2) is 28.0 Å². The first-order valence-electron chi connectivity index (χ1n) is 9.80. The number of rotatable bonds is 6. The number of fused-ring (bicyclic) bond motifs is 1. The third-order valence-electron chi connectivity index (χ3n) is 5.44. The van der Waals surface area contributed by atoms with Crippen molar-refractivity contribution in [3.63, 3.8) is 0 Å². The van der Waals surface area contributed by atoms with E-state index in [0.29, 0.717) is 17.9 Å². The quantitative estimate of drug-likeness (QED) is 0.666. The molecular weight excluding hydrogens is 380 g/mol. The van der Waals surface area contributed by atoms with Crippen LogP contribution in [0.2, 0.25) is 0 Å². The molecule has 0 aliphatic carbocycles. The third-order valence-corrected chi connectivity index (χ3v) is 5.44. The van der Waals surface area contributed by atoms with Gasteiger partial charge in [-0.05, 0) is 48.4 Å². The van der Waals surface area contributed by atoms with Crippen molar-refractivity contribution in [2.24, 2.45) is 0 Å². The molecular formula is C24H22N2O4. The van der Waals surface area contributed by atoms with E-state index in [2.05, 4.69) is 4.98 Å². The number of aliphatic carboxylic acids is 1. The summed E-state index contributed by atoms with van der Waals surface area (Å²) in [5.41, 5.74) is 3.10. The van der Waals surface area contributed by atoms with E-state index in [1.807, 2.05) is 55.5 Å². The van der Waals surface area contributed by atoms with Crippen LogP contribution in [0, 0.1) is 0 Å². The topological polar surface area (TPSA) is 79.7 Å². The van der Waals surface area contributed by atoms with E-state index in [-0.39, 0.29) is 24.3 Å². The van der Waals surface area contributed by atoms with E-state index in [9.17, 15) is 14.7 Å². The molecule has 0 bridgehead atoms. The minimum absolute atomic E-state index is 0.0591. The number of ether oxygens (including phenoxy) is 1. The van der Waals surface area contributed by atoms with E-state index in [4.69, 9.17) is 4.74 Å². The van der Waals surface area contributed by atoms with Gasteiger partial charge in [-0.1, -0.05) is 30.3 Å². The van der Waals surface area contributed by atoms with Crippen LogP contribution in [0.3, 0.4) is 0 Å². The van der Waals surface area contributed by atoms with Crippen LogP contribution in [0.5, 0.6) is 5.75 Å². The van der Waals surface area contributed by atoms with Crippen LogP contribution in [0.1, 0.15) is 40.7 Å². The fraction of sp³-hybridized carbons (Fsp3) is 0.208. The van der Waals surface area contributed by atoms with Crippen molar-refractivity contribution in [2.45, 2.75) is 31.9 Å². The minimum Gasteiger partial charge on any atom is -0.489 e. The lowest BCUT2D eigenvalue weighted by molar-refractivity contribution is -0.137. The van der Waals surface area contributed by atoms with Crippen molar-refractivity contribution in [1.82, 2.24) is 4.98 Å². The first-order valence-corrected chi connectivity index (χ1v) is 9.80. The Bertz CT molecular complexity index is 1050. The molecule has 0 spiro atoms. The number of aromatic nitrogens is 1. The average molecular weight is 402 g/mol. The van der Waals surface area contributed by atoms with Gasteiger partial charge in [0.2, 0.25) is 0 Å². The van der Waals surface area contributed by atoms with Crippen molar-refractivity contribution < 1.29 is 19.4 Å². The second kappa shape index (κ2) is 8.37.